The van der Waals surface area contributed by atoms with Crippen LogP contribution in [0, 0.1) is 0 Å². The fourth-order valence-electron chi connectivity index (χ4n) is 4.79. The molecule has 8 nitrogen and oxygen atoms in total. The Labute approximate surface area is 292 Å². The summed E-state index contributed by atoms with van der Waals surface area (Å²) in [4.78, 5) is 36.4. The third-order valence-corrected chi connectivity index (χ3v) is 7.65. The van der Waals surface area contributed by atoms with E-state index in [4.69, 9.17) is 14.2 Å². The van der Waals surface area contributed by atoms with Gasteiger partial charge in [-0.3, -0.25) is 9.59 Å². The highest BCUT2D eigenvalue weighted by atomic mass is 16.6. The molecular formula is C40H67NO7. The van der Waals surface area contributed by atoms with Crippen molar-refractivity contribution in [3.63, 3.8) is 0 Å². The highest BCUT2D eigenvalue weighted by Crippen LogP contribution is 2.10. The summed E-state index contributed by atoms with van der Waals surface area (Å²) in [5, 5.41) is 11.5. The van der Waals surface area contributed by atoms with Crippen LogP contribution in [0.2, 0.25) is 0 Å². The zero-order valence-corrected chi connectivity index (χ0v) is 30.9. The van der Waals surface area contributed by atoms with Crippen LogP contribution < -0.4 is 5.11 Å². The van der Waals surface area contributed by atoms with E-state index in [1.807, 2.05) is 12.2 Å². The lowest BCUT2D eigenvalue weighted by atomic mass is 10.1. The molecule has 0 aromatic rings. The molecule has 0 heterocycles. The number of esters is 2. The molecule has 0 saturated carbocycles. The van der Waals surface area contributed by atoms with Crippen LogP contribution in [0.25, 0.3) is 0 Å². The Morgan fingerprint density at radius 1 is 0.646 bits per heavy atom. The number of carboxylic acids is 1. The Morgan fingerprint density at radius 3 is 1.81 bits per heavy atom. The second-order valence-corrected chi connectivity index (χ2v) is 13.1. The summed E-state index contributed by atoms with van der Waals surface area (Å²) >= 11 is 0. The molecule has 0 saturated heterocycles. The summed E-state index contributed by atoms with van der Waals surface area (Å²) in [5.41, 5.74) is 0. The van der Waals surface area contributed by atoms with Gasteiger partial charge in [-0.2, -0.15) is 0 Å². The van der Waals surface area contributed by atoms with Crippen LogP contribution in [0.4, 0.5) is 0 Å². The number of hydrogen-bond acceptors (Lipinski definition) is 7. The molecule has 0 radical (unpaired) electrons. The number of carboxylic acid groups (broad SMARTS) is 1. The number of quaternary nitrogens is 1. The van der Waals surface area contributed by atoms with Crippen molar-refractivity contribution >= 4 is 17.9 Å². The Hall–Kier alpha value is -2.97. The highest BCUT2D eigenvalue weighted by molar-refractivity contribution is 5.70. The molecule has 2 atom stereocenters. The number of ether oxygens (including phenoxy) is 3. The predicted molar refractivity (Wildman–Crippen MR) is 194 cm³/mol. The van der Waals surface area contributed by atoms with Crippen LogP contribution in [0.1, 0.15) is 123 Å². The van der Waals surface area contributed by atoms with E-state index in [9.17, 15) is 19.5 Å². The monoisotopic (exact) mass is 673 g/mol. The topological polar surface area (TPSA) is 102 Å². The molecule has 0 aromatic heterocycles. The summed E-state index contributed by atoms with van der Waals surface area (Å²) in [6.45, 7) is 4.35. The summed E-state index contributed by atoms with van der Waals surface area (Å²) in [6, 6.07) is -0.741. The summed E-state index contributed by atoms with van der Waals surface area (Å²) in [5.74, 6) is -1.91. The minimum Gasteiger partial charge on any atom is -0.544 e. The van der Waals surface area contributed by atoms with Crippen molar-refractivity contribution in [2.45, 2.75) is 135 Å². The van der Waals surface area contributed by atoms with E-state index >= 15 is 0 Å². The van der Waals surface area contributed by atoms with Gasteiger partial charge >= 0.3 is 11.9 Å². The molecule has 0 amide bonds. The van der Waals surface area contributed by atoms with Crippen LogP contribution in [-0.4, -0.2) is 75.5 Å². The Balaban J connectivity index is 4.48. The van der Waals surface area contributed by atoms with Gasteiger partial charge in [-0.1, -0.05) is 107 Å². The molecule has 0 aromatic carbocycles. The average molecular weight is 674 g/mol. The minimum atomic E-state index is -1.14. The molecule has 0 N–H and O–H groups in total. The van der Waals surface area contributed by atoms with Crippen LogP contribution in [0.15, 0.2) is 60.8 Å². The number of aliphatic carboxylic acids is 1. The van der Waals surface area contributed by atoms with Crippen molar-refractivity contribution in [3.05, 3.63) is 60.8 Å². The first-order valence-electron chi connectivity index (χ1n) is 18.3. The first-order chi connectivity index (χ1) is 23.1. The molecule has 0 fully saturated rings. The van der Waals surface area contributed by atoms with E-state index in [1.165, 1.54) is 44.9 Å². The normalized spacial score (nSPS) is 13.8. The van der Waals surface area contributed by atoms with Gasteiger partial charge in [0.25, 0.3) is 0 Å². The number of unbranched alkanes of at least 4 members (excludes halogenated alkanes) is 7. The molecule has 0 aliphatic heterocycles. The SMILES string of the molecule is CC/C=C/C/C=C/CCC(=O)OC(COCCC(C(=O)[O-])[N+](C)(C)C)COC(=O)CCC/C=C/C/C=C/C/C=C/CCCCCCCC. The van der Waals surface area contributed by atoms with E-state index in [2.05, 4.69) is 62.5 Å². The molecule has 0 spiro atoms. The molecule has 0 rings (SSSR count). The van der Waals surface area contributed by atoms with Gasteiger partial charge in [-0.05, 0) is 57.8 Å². The van der Waals surface area contributed by atoms with Crippen molar-refractivity contribution in [1.82, 2.24) is 0 Å². The zero-order valence-electron chi connectivity index (χ0n) is 30.9. The molecule has 0 bridgehead atoms. The van der Waals surface area contributed by atoms with E-state index in [0.717, 1.165) is 32.1 Å². The first-order valence-corrected chi connectivity index (χ1v) is 18.3. The molecule has 8 heteroatoms. The number of nitrogens with zero attached hydrogens (tertiary/aromatic N) is 1. The Kier molecular flexibility index (Phi) is 29.4. The van der Waals surface area contributed by atoms with E-state index in [-0.39, 0.29) is 49.5 Å². The second-order valence-electron chi connectivity index (χ2n) is 13.1. The lowest BCUT2D eigenvalue weighted by Gasteiger charge is -2.34. The maximum absolute atomic E-state index is 12.5. The number of allylic oxidation sites excluding steroid dienone is 10. The number of carbonyl (C=O) groups excluding carboxylic acids is 3. The fraction of sp³-hybridized carbons (Fsp3) is 0.675. The molecule has 0 aliphatic carbocycles. The predicted octanol–water partition coefficient (Wildman–Crippen LogP) is 7.74. The van der Waals surface area contributed by atoms with Gasteiger partial charge < -0.3 is 28.6 Å². The number of hydrogen-bond donors (Lipinski definition) is 0. The standard InChI is InChI=1S/C40H67NO7/c1-6-8-10-12-14-15-16-17-18-19-20-21-22-23-25-26-28-30-38(42)47-35-36(34-46-33-32-37(40(44)45)41(3,4)5)48-39(43)31-29-27-24-13-11-9-7-2/h9,11,17-18,20-21,23-25,27,36-37H,6-8,10,12-16,19,22,26,28-35H2,1-5H3/b11-9+,18-17+,21-20+,25-23+,27-24+. The van der Waals surface area contributed by atoms with Crippen molar-refractivity contribution in [1.29, 1.82) is 0 Å². The summed E-state index contributed by atoms with van der Waals surface area (Å²) in [6.07, 6.45) is 35.9. The molecular weight excluding hydrogens is 606 g/mol. The van der Waals surface area contributed by atoms with Gasteiger partial charge in [0.15, 0.2) is 6.10 Å². The largest absolute Gasteiger partial charge is 0.544 e. The zero-order chi connectivity index (χ0) is 35.7. The van der Waals surface area contributed by atoms with E-state index in [1.54, 1.807) is 21.1 Å². The number of rotatable bonds is 31. The van der Waals surface area contributed by atoms with Crippen LogP contribution in [-0.2, 0) is 28.6 Å². The molecule has 0 aliphatic rings. The van der Waals surface area contributed by atoms with Crippen molar-refractivity contribution in [3.8, 4) is 0 Å². The highest BCUT2D eigenvalue weighted by Gasteiger charge is 2.25. The molecule has 274 valence electrons. The van der Waals surface area contributed by atoms with E-state index in [0.29, 0.717) is 12.8 Å². The lowest BCUT2D eigenvalue weighted by molar-refractivity contribution is -0.889. The second kappa shape index (κ2) is 31.3. The quantitative estimate of drug-likeness (QED) is 0.0321. The third kappa shape index (κ3) is 29.2. The maximum atomic E-state index is 12.5. The van der Waals surface area contributed by atoms with Crippen LogP contribution >= 0.6 is 0 Å². The number of carbonyl (C=O) groups is 3. The fourth-order valence-corrected chi connectivity index (χ4v) is 4.79. The Morgan fingerprint density at radius 2 is 1.21 bits per heavy atom. The average Bonchev–Trinajstić information content (AvgIpc) is 3.03. The van der Waals surface area contributed by atoms with Crippen molar-refractivity contribution < 1.29 is 38.2 Å². The minimum absolute atomic E-state index is 0.00124. The third-order valence-electron chi connectivity index (χ3n) is 7.65. The number of likely N-dealkylation sites (N-methyl/N-ethyl adjacent to an activating group) is 1. The van der Waals surface area contributed by atoms with Crippen molar-refractivity contribution in [2.75, 3.05) is 41.0 Å². The van der Waals surface area contributed by atoms with Gasteiger partial charge in [0.1, 0.15) is 12.6 Å². The van der Waals surface area contributed by atoms with Gasteiger partial charge in [0.2, 0.25) is 0 Å². The summed E-state index contributed by atoms with van der Waals surface area (Å²) < 4.78 is 16.9. The van der Waals surface area contributed by atoms with Crippen LogP contribution in [0.3, 0.4) is 0 Å². The van der Waals surface area contributed by atoms with Gasteiger partial charge in [0, 0.05) is 19.3 Å². The Bertz CT molecular complexity index is 975. The van der Waals surface area contributed by atoms with Gasteiger partial charge in [-0.15, -0.1) is 0 Å². The lowest BCUT2D eigenvalue weighted by Crippen LogP contribution is -2.55. The first kappa shape index (κ1) is 45.0. The maximum Gasteiger partial charge on any atom is 0.306 e. The molecule has 2 unspecified atom stereocenters. The summed E-state index contributed by atoms with van der Waals surface area (Å²) in [7, 11) is 5.34. The van der Waals surface area contributed by atoms with E-state index < -0.39 is 24.1 Å². The smallest absolute Gasteiger partial charge is 0.306 e. The van der Waals surface area contributed by atoms with Gasteiger partial charge in [0.05, 0.1) is 40.3 Å². The van der Waals surface area contributed by atoms with Crippen LogP contribution in [0.5, 0.6) is 0 Å². The van der Waals surface area contributed by atoms with Crippen molar-refractivity contribution in [2.24, 2.45) is 0 Å². The molecule has 48 heavy (non-hydrogen) atoms. The van der Waals surface area contributed by atoms with Gasteiger partial charge in [-0.25, -0.2) is 0 Å².